The van der Waals surface area contributed by atoms with Crippen LogP contribution in [0.3, 0.4) is 0 Å². The molecule has 2 aliphatic heterocycles. The predicted molar refractivity (Wildman–Crippen MR) is 133 cm³/mol. The molecule has 2 fully saturated rings. The molecule has 2 atom stereocenters. The molecule has 2 aliphatic rings. The Hall–Kier alpha value is -1.56. The van der Waals surface area contributed by atoms with Crippen molar-refractivity contribution in [3.8, 4) is 0 Å². The Morgan fingerprint density at radius 2 is 1.38 bits per heavy atom. The fourth-order valence-electron chi connectivity index (χ4n) is 3.55. The number of carbonyl (C=O) groups excluding carboxylic acids is 2. The molecule has 0 aromatic heterocycles. The molecule has 0 bridgehead atoms. The predicted octanol–water partition coefficient (Wildman–Crippen LogP) is 1.57. The van der Waals surface area contributed by atoms with Crippen molar-refractivity contribution in [1.82, 2.24) is 10.6 Å². The lowest BCUT2D eigenvalue weighted by molar-refractivity contribution is -0.120. The Morgan fingerprint density at radius 3 is 1.88 bits per heavy atom. The maximum atomic E-state index is 11.2. The Bertz CT molecular complexity index is 514. The number of hydrogen-bond acceptors (Lipinski definition) is 8. The molecule has 0 aromatic carbocycles. The van der Waals surface area contributed by atoms with E-state index < -0.39 is 0 Å². The van der Waals surface area contributed by atoms with Gasteiger partial charge in [0.15, 0.2) is 12.6 Å². The van der Waals surface area contributed by atoms with Crippen LogP contribution in [-0.2, 0) is 28.5 Å². The Kier molecular flexibility index (Phi) is 20.9. The highest BCUT2D eigenvalue weighted by Crippen LogP contribution is 2.14. The zero-order valence-corrected chi connectivity index (χ0v) is 21.2. The first-order valence-electron chi connectivity index (χ1n) is 12.3. The Labute approximate surface area is 205 Å². The van der Waals surface area contributed by atoms with E-state index in [1.165, 1.54) is 13.8 Å². The SMILES string of the molecule is C=C.CC(=O)NCCCCC(CC1OCCO1)NC(C)=O.NCCCCC(N)CC1OCCO1. The molecule has 10 nitrogen and oxygen atoms in total. The van der Waals surface area contributed by atoms with Crippen molar-refractivity contribution in [3.05, 3.63) is 13.2 Å². The molecule has 0 saturated carbocycles. The number of nitrogens with two attached hydrogens (primary N) is 2. The molecule has 2 amide bonds. The molecule has 0 aliphatic carbocycles. The summed E-state index contributed by atoms with van der Waals surface area (Å²) >= 11 is 0. The van der Waals surface area contributed by atoms with Crippen LogP contribution in [0.1, 0.15) is 65.2 Å². The van der Waals surface area contributed by atoms with E-state index in [0.717, 1.165) is 51.5 Å². The third kappa shape index (κ3) is 18.8. The number of hydrogen-bond donors (Lipinski definition) is 4. The summed E-state index contributed by atoms with van der Waals surface area (Å²) in [7, 11) is 0. The van der Waals surface area contributed by atoms with Crippen LogP contribution in [0.15, 0.2) is 13.2 Å². The van der Waals surface area contributed by atoms with Crippen molar-refractivity contribution >= 4 is 11.8 Å². The van der Waals surface area contributed by atoms with Gasteiger partial charge in [-0.25, -0.2) is 0 Å². The maximum Gasteiger partial charge on any atom is 0.217 e. The number of carbonyl (C=O) groups is 2. The average molecular weight is 489 g/mol. The molecule has 2 rings (SSSR count). The Morgan fingerprint density at radius 1 is 0.853 bits per heavy atom. The average Bonchev–Trinajstić information content (AvgIpc) is 3.49. The molecule has 34 heavy (non-hydrogen) atoms. The minimum Gasteiger partial charge on any atom is -0.356 e. The molecular formula is C24H48N4O6. The fourth-order valence-corrected chi connectivity index (χ4v) is 3.55. The van der Waals surface area contributed by atoms with Crippen LogP contribution in [-0.4, -0.2) is 76.0 Å². The molecule has 0 spiro atoms. The molecule has 2 heterocycles. The summed E-state index contributed by atoms with van der Waals surface area (Å²) in [6, 6.07) is 0.257. The molecule has 0 aromatic rings. The van der Waals surface area contributed by atoms with Crippen LogP contribution in [0, 0.1) is 0 Å². The monoisotopic (exact) mass is 488 g/mol. The molecule has 0 radical (unpaired) electrons. The lowest BCUT2D eigenvalue weighted by atomic mass is 10.1. The normalized spacial score (nSPS) is 17.6. The first-order chi connectivity index (χ1) is 16.4. The van der Waals surface area contributed by atoms with Gasteiger partial charge < -0.3 is 41.0 Å². The first-order valence-corrected chi connectivity index (χ1v) is 12.3. The molecular weight excluding hydrogens is 440 g/mol. The van der Waals surface area contributed by atoms with Gasteiger partial charge in [-0.2, -0.15) is 0 Å². The summed E-state index contributed by atoms with van der Waals surface area (Å²) in [5.41, 5.74) is 11.3. The highest BCUT2D eigenvalue weighted by atomic mass is 16.7. The molecule has 2 unspecified atom stereocenters. The molecule has 2 saturated heterocycles. The highest BCUT2D eigenvalue weighted by Gasteiger charge is 2.22. The summed E-state index contributed by atoms with van der Waals surface area (Å²) in [5.74, 6) is -0.0453. The second-order valence-corrected chi connectivity index (χ2v) is 8.23. The summed E-state index contributed by atoms with van der Waals surface area (Å²) in [6.45, 7) is 13.1. The smallest absolute Gasteiger partial charge is 0.217 e. The van der Waals surface area contributed by atoms with E-state index in [0.29, 0.717) is 39.4 Å². The van der Waals surface area contributed by atoms with Gasteiger partial charge in [0, 0.05) is 45.3 Å². The minimum atomic E-state index is -0.202. The van der Waals surface area contributed by atoms with Crippen molar-refractivity contribution in [1.29, 1.82) is 0 Å². The quantitative estimate of drug-likeness (QED) is 0.213. The third-order valence-corrected chi connectivity index (χ3v) is 5.14. The van der Waals surface area contributed by atoms with E-state index in [2.05, 4.69) is 23.8 Å². The van der Waals surface area contributed by atoms with Crippen LogP contribution in [0.5, 0.6) is 0 Å². The molecule has 6 N–H and O–H groups in total. The van der Waals surface area contributed by atoms with Gasteiger partial charge in [-0.3, -0.25) is 9.59 Å². The van der Waals surface area contributed by atoms with Crippen molar-refractivity contribution in [2.75, 3.05) is 39.5 Å². The van der Waals surface area contributed by atoms with Crippen molar-refractivity contribution in [2.24, 2.45) is 11.5 Å². The van der Waals surface area contributed by atoms with Crippen LogP contribution in [0.2, 0.25) is 0 Å². The van der Waals surface area contributed by atoms with E-state index in [9.17, 15) is 9.59 Å². The minimum absolute atomic E-state index is 0.00818. The number of unbranched alkanes of at least 4 members (excludes halogenated alkanes) is 2. The standard InChI is InChI=1S/C13H24N2O4.C9H20N2O2.C2H4/c1-10(16)14-6-4-3-5-12(15-11(2)17)9-13-18-7-8-19-13;10-4-2-1-3-8(11)7-9-12-5-6-13-9;1-2/h12-13H,3-9H2,1-2H3,(H,14,16)(H,15,17);8-9H,1-7,10-11H2;1-2H2. The highest BCUT2D eigenvalue weighted by molar-refractivity contribution is 5.73. The van der Waals surface area contributed by atoms with Crippen LogP contribution < -0.4 is 22.1 Å². The summed E-state index contributed by atoms with van der Waals surface area (Å²) in [6.07, 6.45) is 7.11. The number of amides is 2. The van der Waals surface area contributed by atoms with Gasteiger partial charge >= 0.3 is 0 Å². The van der Waals surface area contributed by atoms with Gasteiger partial charge in [-0.15, -0.1) is 13.2 Å². The zero-order chi connectivity index (χ0) is 25.6. The van der Waals surface area contributed by atoms with E-state index >= 15 is 0 Å². The topological polar surface area (TPSA) is 147 Å². The largest absolute Gasteiger partial charge is 0.356 e. The second-order valence-electron chi connectivity index (χ2n) is 8.23. The first kappa shape index (κ1) is 32.4. The van der Waals surface area contributed by atoms with Crippen molar-refractivity contribution in [2.45, 2.75) is 89.9 Å². The van der Waals surface area contributed by atoms with E-state index in [1.54, 1.807) is 0 Å². The van der Waals surface area contributed by atoms with Crippen LogP contribution in [0.25, 0.3) is 0 Å². The molecule has 10 heteroatoms. The van der Waals surface area contributed by atoms with Crippen LogP contribution in [0.4, 0.5) is 0 Å². The van der Waals surface area contributed by atoms with Crippen LogP contribution >= 0.6 is 0 Å². The zero-order valence-electron chi connectivity index (χ0n) is 21.2. The van der Waals surface area contributed by atoms with Gasteiger partial charge in [0.25, 0.3) is 0 Å². The number of ether oxygens (including phenoxy) is 4. The third-order valence-electron chi connectivity index (χ3n) is 5.14. The fraction of sp³-hybridized carbons (Fsp3) is 0.833. The van der Waals surface area contributed by atoms with Gasteiger partial charge in [-0.05, 0) is 38.6 Å². The lowest BCUT2D eigenvalue weighted by Gasteiger charge is -2.20. The molecule has 200 valence electrons. The summed E-state index contributed by atoms with van der Waals surface area (Å²) < 4.78 is 21.4. The Balaban J connectivity index is 0.000000633. The van der Waals surface area contributed by atoms with Gasteiger partial charge in [-0.1, -0.05) is 6.42 Å². The van der Waals surface area contributed by atoms with Gasteiger partial charge in [0.05, 0.1) is 26.4 Å². The second kappa shape index (κ2) is 21.9. The van der Waals surface area contributed by atoms with Gasteiger partial charge in [0.2, 0.25) is 11.8 Å². The summed E-state index contributed by atoms with van der Waals surface area (Å²) in [5, 5.41) is 5.68. The van der Waals surface area contributed by atoms with Gasteiger partial charge in [0.1, 0.15) is 0 Å². The number of nitrogens with one attached hydrogen (secondary N) is 2. The number of rotatable bonds is 14. The summed E-state index contributed by atoms with van der Waals surface area (Å²) in [4.78, 5) is 21.9. The van der Waals surface area contributed by atoms with E-state index in [4.69, 9.17) is 30.4 Å². The van der Waals surface area contributed by atoms with Crippen molar-refractivity contribution < 1.29 is 28.5 Å². The van der Waals surface area contributed by atoms with E-state index in [-0.39, 0.29) is 36.5 Å². The lowest BCUT2D eigenvalue weighted by Crippen LogP contribution is -2.36. The maximum absolute atomic E-state index is 11.2. The van der Waals surface area contributed by atoms with Crippen molar-refractivity contribution in [3.63, 3.8) is 0 Å². The van der Waals surface area contributed by atoms with E-state index in [1.807, 2.05) is 0 Å².